The van der Waals surface area contributed by atoms with Crippen LogP contribution in [0.15, 0.2) is 0 Å². The third kappa shape index (κ3) is 7.46. The molecule has 0 aliphatic rings. The van der Waals surface area contributed by atoms with Crippen molar-refractivity contribution in [2.75, 3.05) is 6.61 Å². The first-order valence-corrected chi connectivity index (χ1v) is 4.07. The lowest BCUT2D eigenvalue weighted by Crippen LogP contribution is -2.02. The number of hydrogen-bond acceptors (Lipinski definition) is 3. The molecule has 0 aromatic carbocycles. The molecule has 0 rings (SSSR count). The smallest absolute Gasteiger partial charge is 0.433 e. The summed E-state index contributed by atoms with van der Waals surface area (Å²) in [6.07, 6.45) is 3.47. The summed E-state index contributed by atoms with van der Waals surface area (Å²) in [5.74, 6) is 0. The van der Waals surface area contributed by atoms with Crippen molar-refractivity contribution < 1.29 is 13.8 Å². The molecule has 0 heterocycles. The van der Waals surface area contributed by atoms with Gasteiger partial charge in [-0.3, -0.25) is 0 Å². The minimum Gasteiger partial charge on any atom is -0.433 e. The van der Waals surface area contributed by atoms with Crippen molar-refractivity contribution in [1.29, 1.82) is 0 Å². The Morgan fingerprint density at radius 3 is 2.64 bits per heavy atom. The zero-order valence-electron chi connectivity index (χ0n) is 6.64. The van der Waals surface area contributed by atoms with Crippen LogP contribution in [0.4, 0.5) is 4.79 Å². The van der Waals surface area contributed by atoms with E-state index in [-0.39, 0.29) is 0 Å². The molecule has 0 bridgehead atoms. The van der Waals surface area contributed by atoms with Crippen LogP contribution in [0, 0.1) is 0 Å². The fraction of sp³-hybridized carbons (Fsp3) is 0.857. The number of halogens is 1. The van der Waals surface area contributed by atoms with Crippen LogP contribution in [0.1, 0.15) is 32.6 Å². The van der Waals surface area contributed by atoms with Crippen molar-refractivity contribution in [1.82, 2.24) is 0 Å². The molecule has 0 aromatic heterocycles. The number of rotatable bonds is 5. The molecule has 0 unspecified atom stereocenters. The maximum absolute atomic E-state index is 10.3. The number of unbranched alkanes of at least 4 members (excludes halogenated alkanes) is 3. The molecule has 0 aliphatic heterocycles. The number of carbonyl (C=O) groups is 1. The Balaban J connectivity index is 2.95. The standard InChI is InChI=1S/C7H13ClO3/c1-2-3-4-5-6-10-7(9)11-8/h2-6H2,1H3. The average Bonchev–Trinajstić information content (AvgIpc) is 2.04. The molecule has 0 N–H and O–H groups in total. The fourth-order valence-corrected chi connectivity index (χ4v) is 0.751. The van der Waals surface area contributed by atoms with Crippen LogP contribution >= 0.6 is 11.9 Å². The predicted molar refractivity (Wildman–Crippen MR) is 42.4 cm³/mol. The van der Waals surface area contributed by atoms with E-state index in [0.717, 1.165) is 12.8 Å². The van der Waals surface area contributed by atoms with Crippen molar-refractivity contribution in [3.05, 3.63) is 0 Å². The zero-order chi connectivity index (χ0) is 8.53. The molecule has 0 aliphatic carbocycles. The molecule has 0 spiro atoms. The molecule has 0 saturated heterocycles. The van der Waals surface area contributed by atoms with Crippen LogP contribution in [-0.2, 0) is 9.03 Å². The summed E-state index contributed by atoms with van der Waals surface area (Å²) in [7, 11) is 0. The van der Waals surface area contributed by atoms with Gasteiger partial charge >= 0.3 is 6.16 Å². The maximum atomic E-state index is 10.3. The Labute approximate surface area is 71.8 Å². The topological polar surface area (TPSA) is 35.5 Å². The Bertz CT molecular complexity index is 106. The minimum atomic E-state index is -0.817. The van der Waals surface area contributed by atoms with E-state index in [1.54, 1.807) is 0 Å². The first-order chi connectivity index (χ1) is 5.31. The van der Waals surface area contributed by atoms with Crippen LogP contribution in [-0.4, -0.2) is 12.8 Å². The largest absolute Gasteiger partial charge is 0.526 e. The van der Waals surface area contributed by atoms with Gasteiger partial charge in [-0.15, -0.1) is 0 Å². The summed E-state index contributed by atoms with van der Waals surface area (Å²) in [4.78, 5) is 10.3. The van der Waals surface area contributed by atoms with Crippen molar-refractivity contribution in [3.8, 4) is 0 Å². The molecule has 0 fully saturated rings. The van der Waals surface area contributed by atoms with Gasteiger partial charge in [0.05, 0.1) is 6.61 Å². The van der Waals surface area contributed by atoms with E-state index in [0.29, 0.717) is 6.61 Å². The van der Waals surface area contributed by atoms with Gasteiger partial charge in [-0.2, -0.15) is 0 Å². The van der Waals surface area contributed by atoms with Gasteiger partial charge < -0.3 is 9.03 Å². The third-order valence-corrected chi connectivity index (χ3v) is 1.41. The highest BCUT2D eigenvalue weighted by Gasteiger charge is 1.99. The van der Waals surface area contributed by atoms with E-state index in [1.807, 2.05) is 0 Å². The van der Waals surface area contributed by atoms with Gasteiger partial charge in [-0.25, -0.2) is 4.79 Å². The van der Waals surface area contributed by atoms with Gasteiger partial charge in [0.25, 0.3) is 0 Å². The summed E-state index contributed by atoms with van der Waals surface area (Å²) in [5.41, 5.74) is 0. The molecule has 11 heavy (non-hydrogen) atoms. The van der Waals surface area contributed by atoms with Gasteiger partial charge in [0.2, 0.25) is 0 Å². The van der Waals surface area contributed by atoms with Gasteiger partial charge in [0, 0.05) is 0 Å². The fourth-order valence-electron chi connectivity index (χ4n) is 0.707. The average molecular weight is 181 g/mol. The first-order valence-electron chi connectivity index (χ1n) is 3.76. The van der Waals surface area contributed by atoms with Crippen molar-refractivity contribution in [2.45, 2.75) is 32.6 Å². The molecule has 0 saturated carbocycles. The van der Waals surface area contributed by atoms with E-state index in [4.69, 9.17) is 11.9 Å². The van der Waals surface area contributed by atoms with E-state index < -0.39 is 6.16 Å². The van der Waals surface area contributed by atoms with Crippen LogP contribution in [0.25, 0.3) is 0 Å². The highest BCUT2D eigenvalue weighted by molar-refractivity contribution is 6.12. The molecular formula is C7H13ClO3. The van der Waals surface area contributed by atoms with Gasteiger partial charge in [-0.05, 0) is 6.42 Å². The van der Waals surface area contributed by atoms with E-state index in [9.17, 15) is 4.79 Å². The Kier molecular flexibility index (Phi) is 7.36. The third-order valence-electron chi connectivity index (χ3n) is 1.28. The van der Waals surface area contributed by atoms with Crippen LogP contribution in [0.2, 0.25) is 0 Å². The maximum Gasteiger partial charge on any atom is 0.526 e. The zero-order valence-corrected chi connectivity index (χ0v) is 7.39. The molecule has 4 heteroatoms. The van der Waals surface area contributed by atoms with Crippen LogP contribution < -0.4 is 0 Å². The predicted octanol–water partition coefficient (Wildman–Crippen LogP) is 2.87. The van der Waals surface area contributed by atoms with Crippen molar-refractivity contribution in [3.63, 3.8) is 0 Å². The lowest BCUT2D eigenvalue weighted by atomic mass is 10.2. The van der Waals surface area contributed by atoms with Gasteiger partial charge in [-0.1, -0.05) is 26.2 Å². The van der Waals surface area contributed by atoms with Gasteiger partial charge in [0.15, 0.2) is 0 Å². The van der Waals surface area contributed by atoms with Crippen LogP contribution in [0.5, 0.6) is 0 Å². The highest BCUT2D eigenvalue weighted by atomic mass is 35.5. The summed E-state index contributed by atoms with van der Waals surface area (Å²) < 4.78 is 8.31. The lowest BCUT2D eigenvalue weighted by molar-refractivity contribution is 0.101. The van der Waals surface area contributed by atoms with Crippen molar-refractivity contribution in [2.24, 2.45) is 0 Å². The normalized spacial score (nSPS) is 9.27. The molecule has 0 amide bonds. The molecular weight excluding hydrogens is 168 g/mol. The second-order valence-corrected chi connectivity index (χ2v) is 2.39. The highest BCUT2D eigenvalue weighted by Crippen LogP contribution is 1.99. The number of carbonyl (C=O) groups excluding carboxylic acids is 1. The van der Waals surface area contributed by atoms with Crippen LogP contribution in [0.3, 0.4) is 0 Å². The Morgan fingerprint density at radius 2 is 2.09 bits per heavy atom. The monoisotopic (exact) mass is 180 g/mol. The number of hydrogen-bond donors (Lipinski definition) is 0. The second kappa shape index (κ2) is 7.66. The van der Waals surface area contributed by atoms with Gasteiger partial charge in [0.1, 0.15) is 11.9 Å². The molecule has 0 atom stereocenters. The lowest BCUT2D eigenvalue weighted by Gasteiger charge is -1.99. The molecule has 3 nitrogen and oxygen atoms in total. The molecule has 66 valence electrons. The summed E-state index contributed by atoms with van der Waals surface area (Å²) in [6.45, 7) is 2.51. The number of ether oxygens (including phenoxy) is 1. The quantitative estimate of drug-likeness (QED) is 0.482. The van der Waals surface area contributed by atoms with E-state index in [2.05, 4.69) is 15.9 Å². The SMILES string of the molecule is CCCCCCOC(=O)OCl. The Morgan fingerprint density at radius 1 is 1.36 bits per heavy atom. The minimum absolute atomic E-state index is 0.394. The Hall–Kier alpha value is -0.440. The summed E-state index contributed by atoms with van der Waals surface area (Å²) in [6, 6.07) is 0. The van der Waals surface area contributed by atoms with E-state index >= 15 is 0 Å². The molecule has 0 aromatic rings. The van der Waals surface area contributed by atoms with E-state index in [1.165, 1.54) is 12.8 Å². The first kappa shape index (κ1) is 10.6. The van der Waals surface area contributed by atoms with Crippen molar-refractivity contribution >= 4 is 18.0 Å². The summed E-state index contributed by atoms with van der Waals surface area (Å²) >= 11 is 4.72. The molecule has 0 radical (unpaired) electrons. The second-order valence-electron chi connectivity index (χ2n) is 2.24. The summed E-state index contributed by atoms with van der Waals surface area (Å²) in [5, 5.41) is 0.